The molecule has 122 valence electrons. The largest absolute Gasteiger partial charge is 0.491 e. The molecule has 0 aliphatic heterocycles. The lowest BCUT2D eigenvalue weighted by Crippen LogP contribution is -2.41. The normalized spacial score (nSPS) is 14.7. The summed E-state index contributed by atoms with van der Waals surface area (Å²) in [5.74, 6) is 0.284. The Bertz CT molecular complexity index is 639. The molecule has 0 spiro atoms. The van der Waals surface area contributed by atoms with E-state index in [2.05, 4.69) is 5.32 Å². The fourth-order valence-electron chi connectivity index (χ4n) is 2.02. The molecule has 0 bridgehead atoms. The second-order valence-corrected chi connectivity index (χ2v) is 7.68. The summed E-state index contributed by atoms with van der Waals surface area (Å²) in [5, 5.41) is 2.80. The molecule has 1 aromatic carbocycles. The predicted octanol–water partition coefficient (Wildman–Crippen LogP) is 1.52. The lowest BCUT2D eigenvalue weighted by Gasteiger charge is -2.22. The highest BCUT2D eigenvalue weighted by Crippen LogP contribution is 2.24. The summed E-state index contributed by atoms with van der Waals surface area (Å²) < 4.78 is 30.7. The van der Waals surface area contributed by atoms with E-state index >= 15 is 0 Å². The number of sulfonamides is 1. The molecule has 1 amide bonds. The molecule has 1 fully saturated rings. The fraction of sp³-hybridized carbons (Fsp3) is 0.533. The molecule has 0 heterocycles. The first-order valence-electron chi connectivity index (χ1n) is 7.29. The van der Waals surface area contributed by atoms with Gasteiger partial charge in [-0.2, -0.15) is 0 Å². The molecule has 2 rings (SSSR count). The molecule has 1 N–H and O–H groups in total. The van der Waals surface area contributed by atoms with Crippen LogP contribution in [0.2, 0.25) is 0 Å². The molecule has 22 heavy (non-hydrogen) atoms. The third-order valence-electron chi connectivity index (χ3n) is 3.11. The number of amides is 1. The topological polar surface area (TPSA) is 75.7 Å². The molecule has 0 atom stereocenters. The van der Waals surface area contributed by atoms with Crippen LogP contribution in [0, 0.1) is 0 Å². The summed E-state index contributed by atoms with van der Waals surface area (Å²) in [4.78, 5) is 11.9. The van der Waals surface area contributed by atoms with Gasteiger partial charge in [-0.1, -0.05) is 6.07 Å². The summed E-state index contributed by atoms with van der Waals surface area (Å²) in [6.07, 6.45) is 3.00. The van der Waals surface area contributed by atoms with E-state index in [-0.39, 0.29) is 24.6 Å². The third kappa shape index (κ3) is 4.91. The van der Waals surface area contributed by atoms with Gasteiger partial charge in [0.05, 0.1) is 18.0 Å². The molecule has 1 aromatic rings. The van der Waals surface area contributed by atoms with E-state index in [4.69, 9.17) is 4.74 Å². The summed E-state index contributed by atoms with van der Waals surface area (Å²) in [5.41, 5.74) is 0.423. The van der Waals surface area contributed by atoms with Crippen molar-refractivity contribution in [3.05, 3.63) is 24.3 Å². The molecule has 7 heteroatoms. The smallest absolute Gasteiger partial charge is 0.240 e. The Morgan fingerprint density at radius 2 is 2.09 bits per heavy atom. The first-order chi connectivity index (χ1) is 10.3. The van der Waals surface area contributed by atoms with Crippen molar-refractivity contribution < 1.29 is 17.9 Å². The molecule has 0 unspecified atom stereocenters. The van der Waals surface area contributed by atoms with Crippen LogP contribution in [0.5, 0.6) is 5.75 Å². The average Bonchev–Trinajstić information content (AvgIpc) is 3.18. The minimum absolute atomic E-state index is 0.0138. The number of benzene rings is 1. The van der Waals surface area contributed by atoms with E-state index in [9.17, 15) is 13.2 Å². The van der Waals surface area contributed by atoms with Crippen molar-refractivity contribution in [2.24, 2.45) is 0 Å². The molecule has 0 saturated heterocycles. The Morgan fingerprint density at radius 3 is 2.64 bits per heavy atom. The predicted molar refractivity (Wildman–Crippen MR) is 85.6 cm³/mol. The zero-order chi connectivity index (χ0) is 16.3. The van der Waals surface area contributed by atoms with Crippen molar-refractivity contribution in [3.63, 3.8) is 0 Å². The van der Waals surface area contributed by atoms with Crippen LogP contribution in [0.25, 0.3) is 0 Å². The van der Waals surface area contributed by atoms with Gasteiger partial charge >= 0.3 is 0 Å². The molecule has 1 saturated carbocycles. The van der Waals surface area contributed by atoms with E-state index in [1.165, 1.54) is 0 Å². The van der Waals surface area contributed by atoms with E-state index in [0.29, 0.717) is 11.4 Å². The Labute approximate surface area is 131 Å². The van der Waals surface area contributed by atoms with Gasteiger partial charge in [0.15, 0.2) is 0 Å². The number of ether oxygens (including phenoxy) is 1. The second kappa shape index (κ2) is 6.56. The van der Waals surface area contributed by atoms with Gasteiger partial charge in [0.2, 0.25) is 15.9 Å². The summed E-state index contributed by atoms with van der Waals surface area (Å²) in [7, 11) is -3.56. The fourth-order valence-corrected chi connectivity index (χ4v) is 2.86. The molecule has 6 nitrogen and oxygen atoms in total. The van der Waals surface area contributed by atoms with Crippen LogP contribution in [-0.4, -0.2) is 39.3 Å². The SMILES string of the molecule is CC(C)Oc1cccc(N(CC(=O)NC2CC2)S(C)(=O)=O)c1. The van der Waals surface area contributed by atoms with E-state index in [0.717, 1.165) is 23.4 Å². The molecular formula is C15H22N2O4S. The second-order valence-electron chi connectivity index (χ2n) is 5.78. The highest BCUT2D eigenvalue weighted by Gasteiger charge is 2.26. The number of hydrogen-bond donors (Lipinski definition) is 1. The van der Waals surface area contributed by atoms with Crippen LogP contribution in [-0.2, 0) is 14.8 Å². The van der Waals surface area contributed by atoms with Crippen molar-refractivity contribution in [1.29, 1.82) is 0 Å². The van der Waals surface area contributed by atoms with Gasteiger partial charge in [-0.25, -0.2) is 8.42 Å². The van der Waals surface area contributed by atoms with Crippen molar-refractivity contribution in [2.45, 2.75) is 38.8 Å². The quantitative estimate of drug-likeness (QED) is 0.824. The van der Waals surface area contributed by atoms with Crippen LogP contribution in [0.4, 0.5) is 5.69 Å². The van der Waals surface area contributed by atoms with Gasteiger partial charge in [0, 0.05) is 12.1 Å². The van der Waals surface area contributed by atoms with Gasteiger partial charge < -0.3 is 10.1 Å². The van der Waals surface area contributed by atoms with E-state index < -0.39 is 10.0 Å². The minimum atomic E-state index is -3.56. The molecule has 0 radical (unpaired) electrons. The number of rotatable bonds is 7. The number of anilines is 1. The summed E-state index contributed by atoms with van der Waals surface area (Å²) in [6.45, 7) is 3.56. The van der Waals surface area contributed by atoms with Gasteiger partial charge in [-0.3, -0.25) is 9.10 Å². The zero-order valence-corrected chi connectivity index (χ0v) is 13.9. The highest BCUT2D eigenvalue weighted by atomic mass is 32.2. The van der Waals surface area contributed by atoms with Gasteiger partial charge in [-0.15, -0.1) is 0 Å². The van der Waals surface area contributed by atoms with Crippen LogP contribution in [0.1, 0.15) is 26.7 Å². The average molecular weight is 326 g/mol. The van der Waals surface area contributed by atoms with Crippen molar-refractivity contribution in [1.82, 2.24) is 5.32 Å². The maximum Gasteiger partial charge on any atom is 0.240 e. The van der Waals surface area contributed by atoms with Crippen molar-refractivity contribution >= 4 is 21.6 Å². The van der Waals surface area contributed by atoms with Crippen LogP contribution >= 0.6 is 0 Å². The molecule has 0 aromatic heterocycles. The van der Waals surface area contributed by atoms with Gasteiger partial charge in [0.1, 0.15) is 12.3 Å². The lowest BCUT2D eigenvalue weighted by atomic mass is 10.3. The number of nitrogens with one attached hydrogen (secondary N) is 1. The minimum Gasteiger partial charge on any atom is -0.491 e. The Kier molecular flexibility index (Phi) is 4.95. The first-order valence-corrected chi connectivity index (χ1v) is 9.14. The van der Waals surface area contributed by atoms with Crippen LogP contribution in [0.15, 0.2) is 24.3 Å². The number of hydrogen-bond acceptors (Lipinski definition) is 4. The maximum atomic E-state index is 12.0. The monoisotopic (exact) mass is 326 g/mol. The molecule has 1 aliphatic carbocycles. The Morgan fingerprint density at radius 1 is 1.41 bits per heavy atom. The van der Waals surface area contributed by atoms with Gasteiger partial charge in [0.25, 0.3) is 0 Å². The highest BCUT2D eigenvalue weighted by molar-refractivity contribution is 7.92. The van der Waals surface area contributed by atoms with E-state index in [1.807, 2.05) is 13.8 Å². The van der Waals surface area contributed by atoms with Crippen molar-refractivity contribution in [2.75, 3.05) is 17.1 Å². The lowest BCUT2D eigenvalue weighted by molar-refractivity contribution is -0.119. The first kappa shape index (κ1) is 16.6. The maximum absolute atomic E-state index is 12.0. The van der Waals surface area contributed by atoms with Crippen LogP contribution in [0.3, 0.4) is 0 Å². The number of carbonyl (C=O) groups is 1. The molecular weight excluding hydrogens is 304 g/mol. The summed E-state index contributed by atoms with van der Waals surface area (Å²) >= 11 is 0. The van der Waals surface area contributed by atoms with Gasteiger partial charge in [-0.05, 0) is 38.8 Å². The third-order valence-corrected chi connectivity index (χ3v) is 4.25. The Hall–Kier alpha value is -1.76. The molecule has 1 aliphatic rings. The van der Waals surface area contributed by atoms with E-state index in [1.54, 1.807) is 24.3 Å². The number of nitrogens with zero attached hydrogens (tertiary/aromatic N) is 1. The number of carbonyl (C=O) groups excluding carboxylic acids is 1. The zero-order valence-electron chi connectivity index (χ0n) is 13.1. The Balaban J connectivity index is 2.19. The summed E-state index contributed by atoms with van der Waals surface area (Å²) in [6, 6.07) is 6.95. The van der Waals surface area contributed by atoms with Crippen LogP contribution < -0.4 is 14.4 Å². The van der Waals surface area contributed by atoms with Crippen molar-refractivity contribution in [3.8, 4) is 5.75 Å². The standard InChI is InChI=1S/C15H22N2O4S/c1-11(2)21-14-6-4-5-13(9-14)17(22(3,19)20)10-15(18)16-12-7-8-12/h4-6,9,11-12H,7-8,10H2,1-3H3,(H,16,18).